The summed E-state index contributed by atoms with van der Waals surface area (Å²) in [7, 11) is 0. The number of anilines is 1. The van der Waals surface area contributed by atoms with E-state index < -0.39 is 17.4 Å². The van der Waals surface area contributed by atoms with Gasteiger partial charge in [-0.2, -0.15) is 0 Å². The van der Waals surface area contributed by atoms with Crippen molar-refractivity contribution in [2.75, 3.05) is 5.32 Å². The van der Waals surface area contributed by atoms with Gasteiger partial charge >= 0.3 is 0 Å². The predicted molar refractivity (Wildman–Crippen MR) is 133 cm³/mol. The molecule has 33 heavy (non-hydrogen) atoms. The fourth-order valence-corrected chi connectivity index (χ4v) is 4.01. The van der Waals surface area contributed by atoms with Gasteiger partial charge in [-0.1, -0.05) is 71.2 Å². The Morgan fingerprint density at radius 3 is 2.45 bits per heavy atom. The summed E-state index contributed by atoms with van der Waals surface area (Å²) in [5.41, 5.74) is 1.56. The van der Waals surface area contributed by atoms with Crippen LogP contribution in [0.3, 0.4) is 0 Å². The summed E-state index contributed by atoms with van der Waals surface area (Å²) in [4.78, 5) is 26.2. The molecule has 1 N–H and O–H groups in total. The molecule has 4 aromatic rings. The molecule has 3 aromatic carbocycles. The van der Waals surface area contributed by atoms with E-state index in [1.807, 2.05) is 6.07 Å². The topological polar surface area (TPSA) is 68.5 Å². The van der Waals surface area contributed by atoms with Gasteiger partial charge in [-0.15, -0.1) is 0 Å². The Morgan fingerprint density at radius 1 is 1.00 bits per heavy atom. The summed E-state index contributed by atoms with van der Waals surface area (Å²) >= 11 is 18.5. The number of benzene rings is 3. The van der Waals surface area contributed by atoms with Crippen molar-refractivity contribution in [3.05, 3.63) is 91.5 Å². The summed E-state index contributed by atoms with van der Waals surface area (Å²) < 4.78 is 11.9. The summed E-state index contributed by atoms with van der Waals surface area (Å²) in [5.74, 6) is -0.406. The maximum atomic E-state index is 13.4. The van der Waals surface area contributed by atoms with Gasteiger partial charge in [0.2, 0.25) is 11.2 Å². The molecule has 0 spiro atoms. The number of nitrogens with one attached hydrogen (secondary N) is 1. The Labute approximate surface area is 204 Å². The Bertz CT molecular complexity index is 1420. The number of hydrogen-bond acceptors (Lipinski definition) is 4. The average molecular weight is 503 g/mol. The molecule has 4 rings (SSSR count). The summed E-state index contributed by atoms with van der Waals surface area (Å²) in [5, 5.41) is 3.93. The van der Waals surface area contributed by atoms with Crippen molar-refractivity contribution in [2.24, 2.45) is 0 Å². The Balaban J connectivity index is 1.77. The molecule has 0 aliphatic rings. The van der Waals surface area contributed by atoms with Crippen LogP contribution >= 0.6 is 34.8 Å². The van der Waals surface area contributed by atoms with Crippen LogP contribution in [-0.2, 0) is 4.79 Å². The number of hydrogen-bond donors (Lipinski definition) is 1. The molecule has 0 saturated heterocycles. The molecule has 0 bridgehead atoms. The van der Waals surface area contributed by atoms with E-state index in [1.165, 1.54) is 12.1 Å². The third-order valence-corrected chi connectivity index (χ3v) is 6.00. The summed E-state index contributed by atoms with van der Waals surface area (Å²) in [6.45, 7) is 3.33. The highest BCUT2D eigenvalue weighted by atomic mass is 35.5. The van der Waals surface area contributed by atoms with Crippen LogP contribution in [0.25, 0.3) is 22.3 Å². The third kappa shape index (κ3) is 4.71. The molecule has 0 aliphatic heterocycles. The van der Waals surface area contributed by atoms with Gasteiger partial charge < -0.3 is 14.5 Å². The highest BCUT2D eigenvalue weighted by Crippen LogP contribution is 2.35. The number of carbonyl (C=O) groups is 1. The largest absolute Gasteiger partial charge is 0.473 e. The zero-order valence-electron chi connectivity index (χ0n) is 17.6. The van der Waals surface area contributed by atoms with E-state index in [0.717, 1.165) is 5.56 Å². The van der Waals surface area contributed by atoms with Gasteiger partial charge in [-0.05, 0) is 43.7 Å². The smallest absolute Gasteiger partial charge is 0.265 e. The van der Waals surface area contributed by atoms with Gasteiger partial charge in [-0.3, -0.25) is 9.59 Å². The molecular formula is C25H18Cl3NO4. The molecule has 1 aromatic heterocycles. The van der Waals surface area contributed by atoms with Gasteiger partial charge in [0.25, 0.3) is 5.91 Å². The Morgan fingerprint density at radius 2 is 1.73 bits per heavy atom. The monoisotopic (exact) mass is 501 g/mol. The molecule has 5 nitrogen and oxygen atoms in total. The second kappa shape index (κ2) is 9.48. The number of amides is 1. The fraction of sp³-hybridized carbons (Fsp3) is 0.120. The van der Waals surface area contributed by atoms with Gasteiger partial charge in [0.1, 0.15) is 0 Å². The second-order valence-electron chi connectivity index (χ2n) is 7.38. The molecule has 1 heterocycles. The van der Waals surface area contributed by atoms with Crippen molar-refractivity contribution in [1.29, 1.82) is 0 Å². The first-order valence-electron chi connectivity index (χ1n) is 10.00. The van der Waals surface area contributed by atoms with E-state index in [2.05, 4.69) is 5.32 Å². The Kier molecular flexibility index (Phi) is 6.66. The van der Waals surface area contributed by atoms with Crippen molar-refractivity contribution in [2.45, 2.75) is 20.0 Å². The molecule has 0 fully saturated rings. The lowest BCUT2D eigenvalue weighted by molar-refractivity contribution is -0.122. The molecule has 1 atom stereocenters. The molecular weight excluding hydrogens is 485 g/mol. The first-order chi connectivity index (χ1) is 15.8. The zero-order valence-corrected chi connectivity index (χ0v) is 19.9. The highest BCUT2D eigenvalue weighted by molar-refractivity contribution is 6.38. The van der Waals surface area contributed by atoms with E-state index in [0.29, 0.717) is 16.3 Å². The SMILES string of the molecule is Cc1c(Cl)cccc1NC(=O)C(C)Oc1c(-c2ccccc2)oc2c(Cl)cc(Cl)cc2c1=O. The second-order valence-corrected chi connectivity index (χ2v) is 8.63. The van der Waals surface area contributed by atoms with Crippen molar-refractivity contribution >= 4 is 57.4 Å². The van der Waals surface area contributed by atoms with E-state index in [-0.39, 0.29) is 32.5 Å². The minimum Gasteiger partial charge on any atom is -0.473 e. The summed E-state index contributed by atoms with van der Waals surface area (Å²) in [6.07, 6.45) is -1.03. The van der Waals surface area contributed by atoms with Gasteiger partial charge in [0.15, 0.2) is 17.4 Å². The molecule has 1 amide bonds. The van der Waals surface area contributed by atoms with Crippen LogP contribution in [0.5, 0.6) is 5.75 Å². The fourth-order valence-electron chi connectivity index (χ4n) is 3.30. The molecule has 0 aliphatic carbocycles. The minimum absolute atomic E-state index is 0.113. The Hall–Kier alpha value is -2.99. The van der Waals surface area contributed by atoms with Crippen LogP contribution in [0.1, 0.15) is 12.5 Å². The molecule has 0 radical (unpaired) electrons. The third-order valence-electron chi connectivity index (χ3n) is 5.09. The van der Waals surface area contributed by atoms with Gasteiger partial charge in [0.05, 0.1) is 10.4 Å². The van der Waals surface area contributed by atoms with Crippen LogP contribution in [0.4, 0.5) is 5.69 Å². The number of rotatable bonds is 5. The number of fused-ring (bicyclic) bond motifs is 1. The van der Waals surface area contributed by atoms with Crippen LogP contribution in [-0.4, -0.2) is 12.0 Å². The summed E-state index contributed by atoms with van der Waals surface area (Å²) in [6, 6.07) is 17.1. The van der Waals surface area contributed by atoms with E-state index in [1.54, 1.807) is 56.3 Å². The first kappa shape index (κ1) is 23.2. The van der Waals surface area contributed by atoms with Gasteiger partial charge in [0, 0.05) is 21.3 Å². The number of ether oxygens (including phenoxy) is 1. The minimum atomic E-state index is -1.03. The number of carbonyl (C=O) groups excluding carboxylic acids is 1. The van der Waals surface area contributed by atoms with E-state index in [4.69, 9.17) is 44.0 Å². The zero-order chi connectivity index (χ0) is 23.7. The van der Waals surface area contributed by atoms with Crippen LogP contribution in [0.15, 0.2) is 69.9 Å². The van der Waals surface area contributed by atoms with Crippen LogP contribution < -0.4 is 15.5 Å². The molecule has 168 valence electrons. The number of halogens is 3. The molecule has 8 heteroatoms. The van der Waals surface area contributed by atoms with E-state index in [9.17, 15) is 9.59 Å². The maximum Gasteiger partial charge on any atom is 0.265 e. The molecule has 0 saturated carbocycles. The standard InChI is InChI=1S/C25H18Cl3NO4/c1-13-18(27)9-6-10-20(13)29-25(31)14(2)32-24-21(30)17-11-16(26)12-19(28)23(17)33-22(24)15-7-4-3-5-8-15/h3-12,14H,1-2H3,(H,29,31). The lowest BCUT2D eigenvalue weighted by atomic mass is 10.1. The average Bonchev–Trinajstić information content (AvgIpc) is 2.79. The maximum absolute atomic E-state index is 13.4. The first-order valence-corrected chi connectivity index (χ1v) is 11.1. The lowest BCUT2D eigenvalue weighted by Gasteiger charge is -2.18. The van der Waals surface area contributed by atoms with Crippen LogP contribution in [0, 0.1) is 6.92 Å². The normalized spacial score (nSPS) is 11.9. The van der Waals surface area contributed by atoms with Crippen molar-refractivity contribution in [3.63, 3.8) is 0 Å². The van der Waals surface area contributed by atoms with Gasteiger partial charge in [-0.25, -0.2) is 0 Å². The highest BCUT2D eigenvalue weighted by Gasteiger charge is 2.24. The van der Waals surface area contributed by atoms with Crippen LogP contribution in [0.2, 0.25) is 15.1 Å². The van der Waals surface area contributed by atoms with Crippen molar-refractivity contribution in [1.82, 2.24) is 0 Å². The quantitative estimate of drug-likeness (QED) is 0.315. The predicted octanol–water partition coefficient (Wildman–Crippen LogP) is 7.13. The molecule has 1 unspecified atom stereocenters. The lowest BCUT2D eigenvalue weighted by Crippen LogP contribution is -2.32. The van der Waals surface area contributed by atoms with Crippen molar-refractivity contribution < 1.29 is 13.9 Å². The van der Waals surface area contributed by atoms with E-state index >= 15 is 0 Å². The van der Waals surface area contributed by atoms with Crippen molar-refractivity contribution in [3.8, 4) is 17.1 Å².